The van der Waals surface area contributed by atoms with Crippen LogP contribution in [0.5, 0.6) is 0 Å². The molecular formula is C27H33F3N6O8. The largest absolute Gasteiger partial charge is 0.465 e. The molecule has 14 nitrogen and oxygen atoms in total. The summed E-state index contributed by atoms with van der Waals surface area (Å²) in [5.74, 6) is -4.88. The Hall–Kier alpha value is -3.80. The van der Waals surface area contributed by atoms with Gasteiger partial charge in [-0.1, -0.05) is 10.4 Å². The molecule has 0 saturated carbocycles. The number of amides is 2. The molecule has 4 N–H and O–H groups in total. The summed E-state index contributed by atoms with van der Waals surface area (Å²) in [6.07, 6.45) is -2.77. The standard InChI is InChI=1S/C27H33F3N6O8/c1-31-22(38)12-42-26-20(9-15-8-18(33-44-15)13-2-4-35(5-3-13)27(40)41)43-21(11-37)25(39)24(26)36-10-19(32-34-36)14-6-16(28)23(30)17(29)7-14/h6-7,10,13,15,20-21,24-26,37,39H,2-5,8-9,11-12H2,1H3,(H,31,38)(H,40,41)/t15-,20-,21-,24+,25+,26+/m1/s1. The average Bonchev–Trinajstić information content (AvgIpc) is 3.69. The van der Waals surface area contributed by atoms with Gasteiger partial charge in [0.05, 0.1) is 24.6 Å². The average molecular weight is 627 g/mol. The predicted octanol–water partition coefficient (Wildman–Crippen LogP) is 1.08. The molecule has 2 aromatic rings. The monoisotopic (exact) mass is 626 g/mol. The quantitative estimate of drug-likeness (QED) is 0.294. The SMILES string of the molecule is CNC(=O)CO[C@@H]1[C@@H](n2cc(-c3cc(F)c(F)c(F)c3)nn2)[C@@H](O)[C@@H](CO)O[C@@H]1C[C@H]1CC(C2CCN(C(=O)O)CC2)=NO1. The van der Waals surface area contributed by atoms with Gasteiger partial charge in [-0.3, -0.25) is 4.79 Å². The number of carboxylic acid groups (broad SMARTS) is 1. The van der Waals surface area contributed by atoms with Crippen molar-refractivity contribution in [2.75, 3.05) is 33.4 Å². The van der Waals surface area contributed by atoms with E-state index in [0.717, 1.165) is 17.8 Å². The first-order chi connectivity index (χ1) is 21.1. The lowest BCUT2D eigenvalue weighted by Gasteiger charge is -2.44. The molecule has 1 aromatic carbocycles. The zero-order valence-corrected chi connectivity index (χ0v) is 23.7. The minimum atomic E-state index is -1.63. The van der Waals surface area contributed by atoms with Crippen LogP contribution in [0.4, 0.5) is 18.0 Å². The minimum Gasteiger partial charge on any atom is -0.465 e. The second-order valence-corrected chi connectivity index (χ2v) is 11.0. The third kappa shape index (κ3) is 6.64. The first kappa shape index (κ1) is 31.6. The van der Waals surface area contributed by atoms with Gasteiger partial charge in [0, 0.05) is 44.5 Å². The second-order valence-electron chi connectivity index (χ2n) is 11.0. The van der Waals surface area contributed by atoms with Crippen LogP contribution in [0.1, 0.15) is 31.7 Å². The molecule has 5 rings (SSSR count). The molecular weight excluding hydrogens is 593 g/mol. The van der Waals surface area contributed by atoms with Crippen LogP contribution in [-0.4, -0.2) is 117 Å². The van der Waals surface area contributed by atoms with E-state index in [1.807, 2.05) is 0 Å². The number of benzene rings is 1. The molecule has 240 valence electrons. The molecule has 44 heavy (non-hydrogen) atoms. The Morgan fingerprint density at radius 2 is 1.86 bits per heavy atom. The predicted molar refractivity (Wildman–Crippen MR) is 144 cm³/mol. The van der Waals surface area contributed by atoms with Crippen LogP contribution in [0.15, 0.2) is 23.5 Å². The lowest BCUT2D eigenvalue weighted by Crippen LogP contribution is -2.57. The lowest BCUT2D eigenvalue weighted by atomic mass is 9.86. The van der Waals surface area contributed by atoms with Crippen molar-refractivity contribution >= 4 is 17.7 Å². The van der Waals surface area contributed by atoms with Gasteiger partial charge in [0.2, 0.25) is 5.91 Å². The molecule has 2 saturated heterocycles. The molecule has 0 unspecified atom stereocenters. The normalized spacial score (nSPS) is 27.6. The second kappa shape index (κ2) is 13.5. The Morgan fingerprint density at radius 1 is 1.16 bits per heavy atom. The fourth-order valence-corrected chi connectivity index (χ4v) is 5.85. The van der Waals surface area contributed by atoms with E-state index in [2.05, 4.69) is 20.8 Å². The highest BCUT2D eigenvalue weighted by molar-refractivity contribution is 5.88. The van der Waals surface area contributed by atoms with Gasteiger partial charge >= 0.3 is 6.09 Å². The number of carbonyl (C=O) groups excluding carboxylic acids is 1. The maximum atomic E-state index is 13.9. The van der Waals surface area contributed by atoms with Crippen LogP contribution >= 0.6 is 0 Å². The van der Waals surface area contributed by atoms with E-state index in [1.54, 1.807) is 0 Å². The number of nitrogens with zero attached hydrogens (tertiary/aromatic N) is 5. The van der Waals surface area contributed by atoms with Crippen LogP contribution in [-0.2, 0) is 19.1 Å². The Morgan fingerprint density at radius 3 is 2.50 bits per heavy atom. The van der Waals surface area contributed by atoms with E-state index in [4.69, 9.17) is 14.3 Å². The van der Waals surface area contributed by atoms with Crippen LogP contribution in [0.25, 0.3) is 11.3 Å². The molecule has 1 aromatic heterocycles. The molecule has 3 aliphatic rings. The summed E-state index contributed by atoms with van der Waals surface area (Å²) < 4.78 is 54.5. The van der Waals surface area contributed by atoms with E-state index in [9.17, 15) is 38.1 Å². The number of aromatic nitrogens is 3. The van der Waals surface area contributed by atoms with E-state index in [-0.39, 0.29) is 23.6 Å². The zero-order chi connectivity index (χ0) is 31.5. The number of hydrogen-bond donors (Lipinski definition) is 4. The summed E-state index contributed by atoms with van der Waals surface area (Å²) in [6, 6.07) is 0.424. The van der Waals surface area contributed by atoms with Crippen LogP contribution in [0.2, 0.25) is 0 Å². The topological polar surface area (TPSA) is 181 Å². The highest BCUT2D eigenvalue weighted by atomic mass is 19.2. The van der Waals surface area contributed by atoms with Crippen LogP contribution < -0.4 is 5.32 Å². The van der Waals surface area contributed by atoms with Gasteiger partial charge in [0.15, 0.2) is 17.5 Å². The van der Waals surface area contributed by atoms with Crippen molar-refractivity contribution in [2.24, 2.45) is 11.1 Å². The third-order valence-corrected chi connectivity index (χ3v) is 8.23. The highest BCUT2D eigenvalue weighted by Crippen LogP contribution is 2.37. The number of halogens is 3. The van der Waals surface area contributed by atoms with E-state index in [1.165, 1.54) is 22.8 Å². The summed E-state index contributed by atoms with van der Waals surface area (Å²) in [5, 5.41) is 45.1. The summed E-state index contributed by atoms with van der Waals surface area (Å²) in [4.78, 5) is 30.4. The number of carbonyl (C=O) groups is 2. The van der Waals surface area contributed by atoms with Crippen LogP contribution in [0.3, 0.4) is 0 Å². The summed E-state index contributed by atoms with van der Waals surface area (Å²) in [7, 11) is 1.42. The fraction of sp³-hybridized carbons (Fsp3) is 0.593. The Labute approximate surface area is 249 Å². The first-order valence-electron chi connectivity index (χ1n) is 14.1. The molecule has 17 heteroatoms. The Kier molecular flexibility index (Phi) is 9.67. The van der Waals surface area contributed by atoms with Crippen molar-refractivity contribution in [2.45, 2.75) is 62.2 Å². The molecule has 3 aliphatic heterocycles. The number of likely N-dealkylation sites (tertiary alicyclic amines) is 1. The van der Waals surface area contributed by atoms with Gasteiger partial charge in [-0.25, -0.2) is 22.6 Å². The van der Waals surface area contributed by atoms with Crippen molar-refractivity contribution in [1.29, 1.82) is 0 Å². The smallest absolute Gasteiger partial charge is 0.407 e. The number of aliphatic hydroxyl groups excluding tert-OH is 2. The Balaban J connectivity index is 1.36. The minimum absolute atomic E-state index is 0.0326. The molecule has 2 amide bonds. The summed E-state index contributed by atoms with van der Waals surface area (Å²) >= 11 is 0. The molecule has 0 radical (unpaired) electrons. The lowest BCUT2D eigenvalue weighted by molar-refractivity contribution is -0.224. The number of aliphatic hydroxyl groups is 2. The number of oxime groups is 1. The summed E-state index contributed by atoms with van der Waals surface area (Å²) in [6.45, 7) is -0.222. The molecule has 2 fully saturated rings. The number of nitrogens with one attached hydrogen (secondary N) is 1. The maximum absolute atomic E-state index is 13.9. The zero-order valence-electron chi connectivity index (χ0n) is 23.7. The van der Waals surface area contributed by atoms with Crippen molar-refractivity contribution in [3.63, 3.8) is 0 Å². The number of hydrogen-bond acceptors (Lipinski definition) is 10. The van der Waals surface area contributed by atoms with E-state index in [0.29, 0.717) is 32.4 Å². The summed E-state index contributed by atoms with van der Waals surface area (Å²) in [5.41, 5.74) is 0.661. The van der Waals surface area contributed by atoms with Gasteiger partial charge in [0.25, 0.3) is 0 Å². The van der Waals surface area contributed by atoms with Crippen molar-refractivity contribution in [3.05, 3.63) is 35.8 Å². The van der Waals surface area contributed by atoms with Crippen LogP contribution in [0, 0.1) is 23.4 Å². The van der Waals surface area contributed by atoms with Crippen molar-refractivity contribution < 1.29 is 52.4 Å². The molecule has 4 heterocycles. The number of likely N-dealkylation sites (N-methyl/N-ethyl adjacent to an activating group) is 1. The third-order valence-electron chi connectivity index (χ3n) is 8.23. The van der Waals surface area contributed by atoms with Gasteiger partial charge in [0.1, 0.15) is 42.8 Å². The number of ether oxygens (including phenoxy) is 2. The van der Waals surface area contributed by atoms with E-state index < -0.39 is 79.2 Å². The number of rotatable bonds is 9. The van der Waals surface area contributed by atoms with Gasteiger partial charge < -0.3 is 39.8 Å². The van der Waals surface area contributed by atoms with Crippen molar-refractivity contribution in [1.82, 2.24) is 25.2 Å². The molecule has 0 aliphatic carbocycles. The Bertz CT molecular complexity index is 1360. The maximum Gasteiger partial charge on any atom is 0.407 e. The highest BCUT2D eigenvalue weighted by Gasteiger charge is 2.49. The van der Waals surface area contributed by atoms with Gasteiger partial charge in [-0.15, -0.1) is 5.10 Å². The van der Waals surface area contributed by atoms with E-state index >= 15 is 0 Å². The van der Waals surface area contributed by atoms with Gasteiger partial charge in [-0.2, -0.15) is 0 Å². The molecule has 0 spiro atoms. The molecule has 6 atom stereocenters. The molecule has 0 bridgehead atoms. The number of piperidine rings is 1. The first-order valence-corrected chi connectivity index (χ1v) is 14.1. The fourth-order valence-electron chi connectivity index (χ4n) is 5.85. The van der Waals surface area contributed by atoms with Gasteiger partial charge in [-0.05, 0) is 25.0 Å². The van der Waals surface area contributed by atoms with Crippen molar-refractivity contribution in [3.8, 4) is 11.3 Å².